The van der Waals surface area contributed by atoms with Crippen molar-refractivity contribution >= 4 is 107 Å². The average Bonchev–Trinajstić information content (AvgIpc) is 0.797. The largest absolute Gasteiger partial charge is 0.463 e. The van der Waals surface area contributed by atoms with Crippen molar-refractivity contribution in [2.24, 2.45) is 0 Å². The molecule has 3 heterocycles. The highest BCUT2D eigenvalue weighted by Crippen LogP contribution is 2.32. The molecule has 0 aromatic heterocycles. The van der Waals surface area contributed by atoms with Gasteiger partial charge in [0.25, 0.3) is 0 Å². The van der Waals surface area contributed by atoms with Crippen LogP contribution in [0.5, 0.6) is 0 Å². The minimum Gasteiger partial charge on any atom is -0.463 e. The number of ether oxygens (including phenoxy) is 15. The number of carbonyl (C=O) groups excluding carboxylic acids is 18. The van der Waals surface area contributed by atoms with E-state index in [9.17, 15) is 86.3 Å². The molecule has 9 N–H and O–H groups in total. The molecule has 3 fully saturated rings. The molecule has 122 heavy (non-hydrogen) atoms. The molecule has 0 saturated carbocycles. The van der Waals surface area contributed by atoms with E-state index in [1.165, 1.54) is 27.7 Å². The first-order valence-corrected chi connectivity index (χ1v) is 41.3. The molecule has 43 heteroatoms. The highest BCUT2D eigenvalue weighted by Gasteiger charge is 2.54. The first kappa shape index (κ1) is 106. The van der Waals surface area contributed by atoms with E-state index < -0.39 is 177 Å². The maximum atomic E-state index is 13.8. The SMILES string of the molecule is CC(=O)NC1C(OCCCCC(=O)NCCCC(=O)NCCCNCCCCN(CCCNC(=O)CCCNC(=O)CCCCOC2OC(COC(C)=O)C(OC(C)=O)C(OC(C)=O)C2NC(C)=O)C(=O)CCCNC(=O)CCCCOC2OC(COC(C)=O)C(OC(C)=O)C(OC(C)=O)C2NC(C)=O)OC(COC(C)=O)C(OC(C)=O)C1OC(C)=O. The lowest BCUT2D eigenvalue weighted by molar-refractivity contribution is -0.277. The molecule has 0 spiro atoms. The van der Waals surface area contributed by atoms with Gasteiger partial charge in [0.05, 0.1) is 0 Å². The minimum absolute atomic E-state index is 0.000282. The summed E-state index contributed by atoms with van der Waals surface area (Å²) in [5.41, 5.74) is 0. The van der Waals surface area contributed by atoms with Crippen molar-refractivity contribution in [3.8, 4) is 0 Å². The lowest BCUT2D eigenvalue weighted by Gasteiger charge is -2.44. The van der Waals surface area contributed by atoms with Crippen LogP contribution in [-0.4, -0.2) is 302 Å². The molecule has 0 radical (unpaired) electrons. The lowest BCUT2D eigenvalue weighted by atomic mass is 9.96. The number of rotatable bonds is 58. The van der Waals surface area contributed by atoms with Crippen molar-refractivity contribution in [1.82, 2.24) is 52.8 Å². The molecule has 3 saturated heterocycles. The predicted molar refractivity (Wildman–Crippen MR) is 422 cm³/mol. The van der Waals surface area contributed by atoms with E-state index in [0.717, 1.165) is 55.4 Å². The third kappa shape index (κ3) is 45.9. The van der Waals surface area contributed by atoms with Crippen molar-refractivity contribution in [1.29, 1.82) is 0 Å². The summed E-state index contributed by atoms with van der Waals surface area (Å²) in [5, 5.41) is 25.4. The number of carbonyl (C=O) groups is 18. The third-order valence-corrected chi connectivity index (χ3v) is 18.3. The zero-order valence-electron chi connectivity index (χ0n) is 72.1. The van der Waals surface area contributed by atoms with Crippen LogP contribution in [0.1, 0.15) is 205 Å². The number of hydrogen-bond acceptors (Lipinski definition) is 34. The normalized spacial score (nSPS) is 22.1. The van der Waals surface area contributed by atoms with Gasteiger partial charge >= 0.3 is 53.7 Å². The molecule has 3 rings (SSSR count). The van der Waals surface area contributed by atoms with Crippen LogP contribution in [0.4, 0.5) is 0 Å². The van der Waals surface area contributed by atoms with E-state index in [1.54, 1.807) is 4.90 Å². The number of hydrogen-bond donors (Lipinski definition) is 9. The second kappa shape index (κ2) is 59.8. The number of nitrogens with one attached hydrogen (secondary N) is 9. The molecule has 0 bridgehead atoms. The van der Waals surface area contributed by atoms with E-state index in [4.69, 9.17) is 71.1 Å². The summed E-state index contributed by atoms with van der Waals surface area (Å²) in [7, 11) is 0. The molecule has 15 unspecified atom stereocenters. The molecule has 692 valence electrons. The Morgan fingerprint density at radius 1 is 0.270 bits per heavy atom. The first-order chi connectivity index (χ1) is 57.9. The summed E-state index contributed by atoms with van der Waals surface area (Å²) in [6.45, 7) is 16.0. The van der Waals surface area contributed by atoms with E-state index in [0.29, 0.717) is 116 Å². The van der Waals surface area contributed by atoms with E-state index in [1.807, 2.05) is 0 Å². The van der Waals surface area contributed by atoms with Crippen LogP contribution in [0.25, 0.3) is 0 Å². The zero-order valence-corrected chi connectivity index (χ0v) is 72.1. The summed E-state index contributed by atoms with van der Waals surface area (Å²) >= 11 is 0. The summed E-state index contributed by atoms with van der Waals surface area (Å²) in [4.78, 5) is 224. The Labute approximate surface area is 710 Å². The predicted octanol–water partition coefficient (Wildman–Crippen LogP) is -0.584. The quantitative estimate of drug-likeness (QED) is 0.0209. The van der Waals surface area contributed by atoms with Crippen molar-refractivity contribution < 1.29 is 157 Å². The summed E-state index contributed by atoms with van der Waals surface area (Å²) in [6.07, 6.45) is -8.74. The van der Waals surface area contributed by atoms with E-state index >= 15 is 0 Å². The van der Waals surface area contributed by atoms with Gasteiger partial charge in [0, 0.05) is 187 Å². The van der Waals surface area contributed by atoms with Crippen LogP contribution < -0.4 is 47.9 Å². The minimum atomic E-state index is -1.30. The molecular weight excluding hydrogens is 1620 g/mol. The summed E-state index contributed by atoms with van der Waals surface area (Å²) < 4.78 is 84.1. The van der Waals surface area contributed by atoms with Crippen molar-refractivity contribution in [3.05, 3.63) is 0 Å². The van der Waals surface area contributed by atoms with Gasteiger partial charge in [0.15, 0.2) is 55.5 Å². The zero-order chi connectivity index (χ0) is 90.6. The van der Waals surface area contributed by atoms with Gasteiger partial charge in [-0.2, -0.15) is 0 Å². The molecule has 0 aromatic rings. The Morgan fingerprint density at radius 3 is 0.828 bits per heavy atom. The maximum absolute atomic E-state index is 13.8. The number of nitrogens with zero attached hydrogens (tertiary/aromatic N) is 1. The molecule has 0 aliphatic carbocycles. The summed E-state index contributed by atoms with van der Waals surface area (Å²) in [6, 6.07) is -3.44. The van der Waals surface area contributed by atoms with Crippen LogP contribution >= 0.6 is 0 Å². The van der Waals surface area contributed by atoms with Gasteiger partial charge in [-0.25, -0.2) is 0 Å². The Morgan fingerprint density at radius 2 is 0.533 bits per heavy atom. The van der Waals surface area contributed by atoms with Crippen LogP contribution in [0.15, 0.2) is 0 Å². The maximum Gasteiger partial charge on any atom is 0.303 e. The van der Waals surface area contributed by atoms with Gasteiger partial charge in [-0.3, -0.25) is 86.3 Å². The topological polar surface area (TPSA) is 557 Å². The van der Waals surface area contributed by atoms with Crippen molar-refractivity contribution in [3.63, 3.8) is 0 Å². The Hall–Kier alpha value is -9.82. The average molecular weight is 1750 g/mol. The molecule has 0 aromatic carbocycles. The Balaban J connectivity index is 1.47. The fourth-order valence-electron chi connectivity index (χ4n) is 13.1. The fourth-order valence-corrected chi connectivity index (χ4v) is 13.1. The van der Waals surface area contributed by atoms with Crippen LogP contribution in [0.2, 0.25) is 0 Å². The van der Waals surface area contributed by atoms with E-state index in [-0.39, 0.29) is 127 Å². The van der Waals surface area contributed by atoms with Gasteiger partial charge in [0.2, 0.25) is 53.2 Å². The number of esters is 9. The van der Waals surface area contributed by atoms with Crippen molar-refractivity contribution in [2.75, 3.05) is 98.5 Å². The third-order valence-electron chi connectivity index (χ3n) is 18.3. The lowest BCUT2D eigenvalue weighted by Crippen LogP contribution is -2.66. The molecule has 3 aliphatic heterocycles. The Bertz CT molecular complexity index is 3390. The standard InChI is InChI=1S/C79H128N10O33/c1-47(90)86-68-74(117-56(10)99)71(114-53(7)96)59(44-111-50(4)93)120-77(68)108-41-18-13-26-62(102)81-34-21-29-65(105)84-37-24-33-80-32-16-17-39-89(67(107)31-23-36-83-64(104)28-15-20-43-110-79-70(88-49(3)92)76(119-58(12)101)73(116-55(9)98)61(122-79)46-113-52(6)95)40-25-38-85-66(106)30-22-35-82-63(103)27-14-19-42-109-78-69(87-48(2)91)75(118-57(11)100)72(115-54(8)97)60(121-78)45-112-51(5)94/h59-61,68-80H,13-46H2,1-12H3,(H,81,102)(H,82,103)(H,83,104)(H,84,105)(H,85,106)(H,86,90)(H,87,91)(H,88,92). The number of unbranched alkanes of at least 4 members (excludes halogenated alkanes) is 4. The monoisotopic (exact) mass is 1740 g/mol. The van der Waals surface area contributed by atoms with Gasteiger partial charge in [0.1, 0.15) is 56.3 Å². The molecular formula is C79H128N10O33. The number of amides is 9. The molecule has 43 nitrogen and oxygen atoms in total. The highest BCUT2D eigenvalue weighted by atomic mass is 16.7. The molecule has 15 atom stereocenters. The second-order valence-corrected chi connectivity index (χ2v) is 29.2. The van der Waals surface area contributed by atoms with Gasteiger partial charge in [-0.05, 0) is 96.6 Å². The fraction of sp³-hybridized carbons (Fsp3) is 0.772. The van der Waals surface area contributed by atoms with Crippen LogP contribution in [-0.2, 0) is 157 Å². The van der Waals surface area contributed by atoms with Gasteiger partial charge < -0.3 is 124 Å². The van der Waals surface area contributed by atoms with Crippen molar-refractivity contribution in [2.45, 2.75) is 297 Å². The van der Waals surface area contributed by atoms with Gasteiger partial charge in [-0.15, -0.1) is 0 Å². The Kier molecular flexibility index (Phi) is 52.2. The second-order valence-electron chi connectivity index (χ2n) is 29.2. The summed E-state index contributed by atoms with van der Waals surface area (Å²) in [5.74, 6) is -9.55. The van der Waals surface area contributed by atoms with Gasteiger partial charge in [-0.1, -0.05) is 0 Å². The van der Waals surface area contributed by atoms with E-state index in [2.05, 4.69) is 47.9 Å². The molecule has 9 amide bonds. The first-order valence-electron chi connectivity index (χ1n) is 41.3. The van der Waals surface area contributed by atoms with Crippen LogP contribution in [0, 0.1) is 0 Å². The smallest absolute Gasteiger partial charge is 0.303 e. The highest BCUT2D eigenvalue weighted by molar-refractivity contribution is 5.80. The molecule has 3 aliphatic rings. The van der Waals surface area contributed by atoms with Crippen LogP contribution in [0.3, 0.4) is 0 Å².